The minimum absolute atomic E-state index is 0. The van der Waals surface area contributed by atoms with Gasteiger partial charge >= 0.3 is 5.97 Å². The standard InChI is InChI=1S/C13H16O2.Rh/c14-13(15)9-11-7-4-8-12(11)10-5-2-1-3-6-10;/h1-3,5-6,11-12H,4,7-9H2,(H,14,15);. The SMILES string of the molecule is O=C(O)CC1CCCC1c1ccccc1.[Rh]. The molecule has 2 rings (SSSR count). The predicted octanol–water partition coefficient (Wildman–Crippen LogP) is 3.04. The number of aliphatic carboxylic acids is 1. The summed E-state index contributed by atoms with van der Waals surface area (Å²) < 4.78 is 0. The second-order valence-electron chi connectivity index (χ2n) is 4.31. The minimum atomic E-state index is -0.664. The van der Waals surface area contributed by atoms with Crippen molar-refractivity contribution in [3.8, 4) is 0 Å². The molecule has 2 unspecified atom stereocenters. The summed E-state index contributed by atoms with van der Waals surface area (Å²) in [6.07, 6.45) is 3.69. The van der Waals surface area contributed by atoms with E-state index < -0.39 is 5.97 Å². The summed E-state index contributed by atoms with van der Waals surface area (Å²) in [4.78, 5) is 10.7. The van der Waals surface area contributed by atoms with Crippen LogP contribution in [-0.4, -0.2) is 11.1 Å². The third kappa shape index (κ3) is 3.15. The number of carboxylic acids is 1. The fourth-order valence-corrected chi connectivity index (χ4v) is 2.64. The first-order chi connectivity index (χ1) is 7.27. The van der Waals surface area contributed by atoms with Crippen molar-refractivity contribution in [2.24, 2.45) is 5.92 Å². The summed E-state index contributed by atoms with van der Waals surface area (Å²) in [6.45, 7) is 0. The summed E-state index contributed by atoms with van der Waals surface area (Å²) in [5, 5.41) is 8.84. The van der Waals surface area contributed by atoms with Crippen LogP contribution in [0.1, 0.15) is 37.2 Å². The van der Waals surface area contributed by atoms with Gasteiger partial charge in [0.1, 0.15) is 0 Å². The van der Waals surface area contributed by atoms with E-state index in [0.717, 1.165) is 19.3 Å². The predicted molar refractivity (Wildman–Crippen MR) is 58.8 cm³/mol. The van der Waals surface area contributed by atoms with Crippen molar-refractivity contribution in [3.63, 3.8) is 0 Å². The molecule has 3 heteroatoms. The van der Waals surface area contributed by atoms with Crippen LogP contribution in [0.15, 0.2) is 30.3 Å². The Morgan fingerprint density at radius 2 is 1.94 bits per heavy atom. The third-order valence-corrected chi connectivity index (χ3v) is 3.32. The second kappa shape index (κ2) is 6.15. The van der Waals surface area contributed by atoms with Gasteiger partial charge in [-0.3, -0.25) is 4.79 Å². The average Bonchev–Trinajstić information content (AvgIpc) is 2.66. The molecule has 89 valence electrons. The van der Waals surface area contributed by atoms with Gasteiger partial charge in [-0.2, -0.15) is 0 Å². The van der Waals surface area contributed by atoms with Crippen LogP contribution in [0.25, 0.3) is 0 Å². The number of benzene rings is 1. The minimum Gasteiger partial charge on any atom is -0.481 e. The Hall–Kier alpha value is -0.687. The van der Waals surface area contributed by atoms with Gasteiger partial charge in [0.05, 0.1) is 0 Å². The maximum Gasteiger partial charge on any atom is 0.303 e. The summed E-state index contributed by atoms with van der Waals surface area (Å²) >= 11 is 0. The molecule has 1 saturated carbocycles. The molecule has 0 spiro atoms. The van der Waals surface area contributed by atoms with E-state index in [4.69, 9.17) is 5.11 Å². The van der Waals surface area contributed by atoms with Crippen LogP contribution in [0.5, 0.6) is 0 Å². The molecule has 1 fully saturated rings. The summed E-state index contributed by atoms with van der Waals surface area (Å²) in [5.41, 5.74) is 1.31. The van der Waals surface area contributed by atoms with Crippen molar-refractivity contribution >= 4 is 5.97 Å². The second-order valence-corrected chi connectivity index (χ2v) is 4.31. The maximum atomic E-state index is 10.7. The van der Waals surface area contributed by atoms with Gasteiger partial charge in [0.15, 0.2) is 0 Å². The molecular weight excluding hydrogens is 291 g/mol. The number of hydrogen-bond acceptors (Lipinski definition) is 1. The molecule has 16 heavy (non-hydrogen) atoms. The van der Waals surface area contributed by atoms with Crippen LogP contribution in [-0.2, 0) is 24.3 Å². The van der Waals surface area contributed by atoms with Crippen molar-refractivity contribution in [1.29, 1.82) is 0 Å². The summed E-state index contributed by atoms with van der Waals surface area (Å²) in [6, 6.07) is 10.3. The Kier molecular flexibility index (Phi) is 5.14. The van der Waals surface area contributed by atoms with Crippen molar-refractivity contribution in [3.05, 3.63) is 35.9 Å². The third-order valence-electron chi connectivity index (χ3n) is 3.32. The first-order valence-corrected chi connectivity index (χ1v) is 5.54. The van der Waals surface area contributed by atoms with Gasteiger partial charge in [0, 0.05) is 25.9 Å². The molecule has 1 aromatic rings. The van der Waals surface area contributed by atoms with Gasteiger partial charge in [-0.25, -0.2) is 0 Å². The first-order valence-electron chi connectivity index (χ1n) is 5.54. The van der Waals surface area contributed by atoms with Crippen LogP contribution < -0.4 is 0 Å². The molecule has 1 aromatic carbocycles. The zero-order valence-corrected chi connectivity index (χ0v) is 10.7. The largest absolute Gasteiger partial charge is 0.481 e. The van der Waals surface area contributed by atoms with Crippen LogP contribution >= 0.6 is 0 Å². The van der Waals surface area contributed by atoms with Gasteiger partial charge in [-0.15, -0.1) is 0 Å². The van der Waals surface area contributed by atoms with E-state index in [1.807, 2.05) is 18.2 Å². The number of hydrogen-bond donors (Lipinski definition) is 1. The maximum absolute atomic E-state index is 10.7. The van der Waals surface area contributed by atoms with Gasteiger partial charge in [0.25, 0.3) is 0 Å². The van der Waals surface area contributed by atoms with Gasteiger partial charge in [-0.1, -0.05) is 36.8 Å². The smallest absolute Gasteiger partial charge is 0.303 e. The van der Waals surface area contributed by atoms with E-state index in [1.165, 1.54) is 5.56 Å². The van der Waals surface area contributed by atoms with E-state index in [9.17, 15) is 4.79 Å². The molecule has 1 radical (unpaired) electrons. The van der Waals surface area contributed by atoms with Crippen molar-refractivity contribution in [2.45, 2.75) is 31.6 Å². The average molecular weight is 307 g/mol. The molecule has 1 N–H and O–H groups in total. The number of carbonyl (C=O) groups is 1. The normalized spacial score (nSPS) is 23.8. The molecule has 2 atom stereocenters. The van der Waals surface area contributed by atoms with Gasteiger partial charge < -0.3 is 5.11 Å². The van der Waals surface area contributed by atoms with E-state index in [0.29, 0.717) is 18.3 Å². The molecule has 1 aliphatic carbocycles. The summed E-state index contributed by atoms with van der Waals surface area (Å²) in [7, 11) is 0. The zero-order valence-electron chi connectivity index (χ0n) is 9.06. The fourth-order valence-electron chi connectivity index (χ4n) is 2.64. The van der Waals surface area contributed by atoms with Crippen LogP contribution in [0.4, 0.5) is 0 Å². The van der Waals surface area contributed by atoms with Crippen molar-refractivity contribution in [2.75, 3.05) is 0 Å². The van der Waals surface area contributed by atoms with Gasteiger partial charge in [-0.05, 0) is 30.2 Å². The Morgan fingerprint density at radius 1 is 1.25 bits per heavy atom. The molecule has 1 aliphatic rings. The first kappa shape index (κ1) is 13.4. The topological polar surface area (TPSA) is 37.3 Å². The molecule has 2 nitrogen and oxygen atoms in total. The van der Waals surface area contributed by atoms with E-state index in [-0.39, 0.29) is 19.5 Å². The van der Waals surface area contributed by atoms with Gasteiger partial charge in [0.2, 0.25) is 0 Å². The molecule has 0 aromatic heterocycles. The zero-order chi connectivity index (χ0) is 10.7. The van der Waals surface area contributed by atoms with Crippen LogP contribution in [0.3, 0.4) is 0 Å². The summed E-state index contributed by atoms with van der Waals surface area (Å²) in [5.74, 6) is 0.134. The monoisotopic (exact) mass is 307 g/mol. The molecule has 0 amide bonds. The molecule has 0 bridgehead atoms. The van der Waals surface area contributed by atoms with Crippen molar-refractivity contribution in [1.82, 2.24) is 0 Å². The Morgan fingerprint density at radius 3 is 2.56 bits per heavy atom. The molecule has 0 saturated heterocycles. The van der Waals surface area contributed by atoms with E-state index in [1.54, 1.807) is 0 Å². The Labute approximate surface area is 109 Å². The van der Waals surface area contributed by atoms with E-state index >= 15 is 0 Å². The Balaban J connectivity index is 0.00000128. The van der Waals surface area contributed by atoms with E-state index in [2.05, 4.69) is 12.1 Å². The molecular formula is C13H16O2Rh. The van der Waals surface area contributed by atoms with Crippen LogP contribution in [0.2, 0.25) is 0 Å². The fraction of sp³-hybridized carbons (Fsp3) is 0.462. The number of carboxylic acid groups (broad SMARTS) is 1. The van der Waals surface area contributed by atoms with Crippen molar-refractivity contribution < 1.29 is 29.4 Å². The quantitative estimate of drug-likeness (QED) is 0.872. The molecule has 0 aliphatic heterocycles. The molecule has 0 heterocycles. The Bertz CT molecular complexity index is 337. The van der Waals surface area contributed by atoms with Crippen LogP contribution in [0, 0.1) is 5.92 Å². The number of rotatable bonds is 3.